The average molecular weight is 411 g/mol. The lowest BCUT2D eigenvalue weighted by Crippen LogP contribution is -1.96. The van der Waals surface area contributed by atoms with Crippen molar-refractivity contribution in [2.45, 2.75) is 11.8 Å². The van der Waals surface area contributed by atoms with Crippen LogP contribution in [0, 0.1) is 0 Å². The van der Waals surface area contributed by atoms with Gasteiger partial charge in [-0.15, -0.1) is 22.9 Å². The van der Waals surface area contributed by atoms with E-state index in [1.165, 1.54) is 0 Å². The maximum absolute atomic E-state index is 6.47. The van der Waals surface area contributed by atoms with Gasteiger partial charge in [-0.2, -0.15) is 0 Å². The fourth-order valence-electron chi connectivity index (χ4n) is 1.68. The van der Waals surface area contributed by atoms with Gasteiger partial charge in [0.05, 0.1) is 16.3 Å². The molecule has 0 saturated heterocycles. The van der Waals surface area contributed by atoms with E-state index in [0.717, 1.165) is 30.9 Å². The summed E-state index contributed by atoms with van der Waals surface area (Å²) in [6.45, 7) is 0. The molecule has 1 unspecified atom stereocenters. The number of rotatable bonds is 4. The molecule has 0 amide bonds. The lowest BCUT2D eigenvalue weighted by atomic mass is 10.1. The van der Waals surface area contributed by atoms with Gasteiger partial charge in [0.25, 0.3) is 0 Å². The molecule has 18 heavy (non-hydrogen) atoms. The molecule has 0 aliphatic rings. The number of benzene rings is 1. The van der Waals surface area contributed by atoms with Crippen LogP contribution in [0.2, 0.25) is 0 Å². The molecule has 0 N–H and O–H groups in total. The molecule has 0 spiro atoms. The van der Waals surface area contributed by atoms with Gasteiger partial charge in [0.2, 0.25) is 0 Å². The quantitative estimate of drug-likeness (QED) is 0.579. The first-order chi connectivity index (χ1) is 8.61. The summed E-state index contributed by atoms with van der Waals surface area (Å²) in [5, 5.41) is -0.0473. The molecule has 1 aromatic carbocycles. The van der Waals surface area contributed by atoms with E-state index in [1.807, 2.05) is 24.3 Å². The topological polar surface area (TPSA) is 9.23 Å². The van der Waals surface area contributed by atoms with Crippen molar-refractivity contribution in [1.82, 2.24) is 0 Å². The third-order valence-electron chi connectivity index (χ3n) is 2.56. The van der Waals surface area contributed by atoms with Gasteiger partial charge in [-0.1, -0.05) is 18.2 Å². The maximum atomic E-state index is 6.47. The van der Waals surface area contributed by atoms with Crippen LogP contribution < -0.4 is 4.74 Å². The Labute approximate surface area is 132 Å². The molecule has 0 aliphatic carbocycles. The standard InChI is InChI=1S/C13H11Br2ClOS/c1-17-11-5-3-2-4-8(11)6-10(16)12-7-9(14)13(15)18-12/h2-5,7,10H,6H2,1H3. The molecule has 2 aromatic rings. The fourth-order valence-corrected chi connectivity index (χ4v) is 4.11. The predicted molar refractivity (Wildman–Crippen MR) is 85.0 cm³/mol. The van der Waals surface area contributed by atoms with E-state index >= 15 is 0 Å². The second kappa shape index (κ2) is 6.42. The highest BCUT2D eigenvalue weighted by molar-refractivity contribution is 9.13. The maximum Gasteiger partial charge on any atom is 0.122 e. The summed E-state index contributed by atoms with van der Waals surface area (Å²) >= 11 is 15.1. The van der Waals surface area contributed by atoms with Crippen molar-refractivity contribution in [3.63, 3.8) is 0 Å². The van der Waals surface area contributed by atoms with Gasteiger partial charge in [-0.3, -0.25) is 0 Å². The third-order valence-corrected chi connectivity index (χ3v) is 6.45. The van der Waals surface area contributed by atoms with Crippen LogP contribution in [0.4, 0.5) is 0 Å². The Morgan fingerprint density at radius 1 is 1.33 bits per heavy atom. The summed E-state index contributed by atoms with van der Waals surface area (Å²) in [5.41, 5.74) is 1.13. The third kappa shape index (κ3) is 3.29. The van der Waals surface area contributed by atoms with Gasteiger partial charge in [0.15, 0.2) is 0 Å². The smallest absolute Gasteiger partial charge is 0.122 e. The molecule has 1 atom stereocenters. The summed E-state index contributed by atoms with van der Waals surface area (Å²) in [7, 11) is 1.68. The van der Waals surface area contributed by atoms with Crippen LogP contribution in [-0.2, 0) is 6.42 Å². The van der Waals surface area contributed by atoms with Gasteiger partial charge >= 0.3 is 0 Å². The van der Waals surface area contributed by atoms with E-state index in [0.29, 0.717) is 0 Å². The molecule has 5 heteroatoms. The number of methoxy groups -OCH3 is 1. The van der Waals surface area contributed by atoms with Crippen molar-refractivity contribution in [3.05, 3.63) is 49.0 Å². The molecule has 96 valence electrons. The number of ether oxygens (including phenoxy) is 1. The summed E-state index contributed by atoms with van der Waals surface area (Å²) in [4.78, 5) is 1.14. The highest BCUT2D eigenvalue weighted by Crippen LogP contribution is 2.39. The minimum atomic E-state index is -0.0473. The van der Waals surface area contributed by atoms with E-state index in [1.54, 1.807) is 18.4 Å². The molecule has 2 rings (SSSR count). The van der Waals surface area contributed by atoms with Crippen molar-refractivity contribution < 1.29 is 4.74 Å². The number of para-hydroxylation sites is 1. The second-order valence-electron chi connectivity index (χ2n) is 3.75. The first kappa shape index (κ1) is 14.4. The van der Waals surface area contributed by atoms with Crippen LogP contribution >= 0.6 is 54.8 Å². The monoisotopic (exact) mass is 408 g/mol. The summed E-state index contributed by atoms with van der Waals surface area (Å²) in [6, 6.07) is 10.0. The van der Waals surface area contributed by atoms with Crippen molar-refractivity contribution in [2.24, 2.45) is 0 Å². The van der Waals surface area contributed by atoms with Crippen molar-refractivity contribution in [1.29, 1.82) is 0 Å². The zero-order chi connectivity index (χ0) is 13.1. The minimum absolute atomic E-state index is 0.0473. The van der Waals surface area contributed by atoms with Crippen LogP contribution in [0.15, 0.2) is 38.6 Å². The van der Waals surface area contributed by atoms with Crippen molar-refractivity contribution >= 4 is 54.8 Å². The molecule has 0 saturated carbocycles. The Hall–Kier alpha value is -0.0300. The zero-order valence-electron chi connectivity index (χ0n) is 9.62. The van der Waals surface area contributed by atoms with Crippen LogP contribution in [0.3, 0.4) is 0 Å². The fraction of sp³-hybridized carbons (Fsp3) is 0.231. The van der Waals surface area contributed by atoms with Gasteiger partial charge in [0, 0.05) is 9.35 Å². The number of thiophene rings is 1. The molecular weight excluding hydrogens is 399 g/mol. The molecule has 1 heterocycles. The minimum Gasteiger partial charge on any atom is -0.496 e. The molecular formula is C13H11Br2ClOS. The Morgan fingerprint density at radius 3 is 2.67 bits per heavy atom. The number of halogens is 3. The van der Waals surface area contributed by atoms with E-state index in [9.17, 15) is 0 Å². The molecule has 0 aliphatic heterocycles. The van der Waals surface area contributed by atoms with Gasteiger partial charge in [-0.05, 0) is 56.0 Å². The van der Waals surface area contributed by atoms with Crippen molar-refractivity contribution in [2.75, 3.05) is 7.11 Å². The number of hydrogen-bond acceptors (Lipinski definition) is 2. The first-order valence-electron chi connectivity index (χ1n) is 5.32. The SMILES string of the molecule is COc1ccccc1CC(Cl)c1cc(Br)c(Br)s1. The highest BCUT2D eigenvalue weighted by Gasteiger charge is 2.15. The van der Waals surface area contributed by atoms with E-state index < -0.39 is 0 Å². The molecule has 1 aromatic heterocycles. The van der Waals surface area contributed by atoms with Gasteiger partial charge in [-0.25, -0.2) is 0 Å². The number of hydrogen-bond donors (Lipinski definition) is 0. The zero-order valence-corrected chi connectivity index (χ0v) is 14.4. The summed E-state index contributed by atoms with van der Waals surface area (Å²) < 4.78 is 7.46. The first-order valence-corrected chi connectivity index (χ1v) is 8.16. The number of alkyl halides is 1. The van der Waals surface area contributed by atoms with E-state index in [4.69, 9.17) is 16.3 Å². The molecule has 0 radical (unpaired) electrons. The van der Waals surface area contributed by atoms with Crippen LogP contribution in [0.5, 0.6) is 5.75 Å². The van der Waals surface area contributed by atoms with Gasteiger partial charge in [0.1, 0.15) is 5.75 Å². The van der Waals surface area contributed by atoms with Gasteiger partial charge < -0.3 is 4.74 Å². The Morgan fingerprint density at radius 2 is 2.06 bits per heavy atom. The normalized spacial score (nSPS) is 12.4. The summed E-state index contributed by atoms with van der Waals surface area (Å²) in [6.07, 6.45) is 0.755. The van der Waals surface area contributed by atoms with Crippen molar-refractivity contribution in [3.8, 4) is 5.75 Å². The molecule has 1 nitrogen and oxygen atoms in total. The Kier molecular flexibility index (Phi) is 5.13. The Balaban J connectivity index is 2.18. The van der Waals surface area contributed by atoms with Crippen LogP contribution in [-0.4, -0.2) is 7.11 Å². The molecule has 0 fully saturated rings. The lowest BCUT2D eigenvalue weighted by Gasteiger charge is -2.11. The average Bonchev–Trinajstić information content (AvgIpc) is 2.70. The second-order valence-corrected chi connectivity index (χ2v) is 7.54. The van der Waals surface area contributed by atoms with Crippen LogP contribution in [0.1, 0.15) is 15.8 Å². The largest absolute Gasteiger partial charge is 0.496 e. The predicted octanol–water partition coefficient (Wildman–Crippen LogP) is 5.80. The lowest BCUT2D eigenvalue weighted by molar-refractivity contribution is 0.409. The van der Waals surface area contributed by atoms with Crippen LogP contribution in [0.25, 0.3) is 0 Å². The molecule has 0 bridgehead atoms. The Bertz CT molecular complexity index is 522. The van der Waals surface area contributed by atoms with E-state index in [2.05, 4.69) is 37.9 Å². The van der Waals surface area contributed by atoms with E-state index in [-0.39, 0.29) is 5.38 Å². The highest BCUT2D eigenvalue weighted by atomic mass is 79.9. The summed E-state index contributed by atoms with van der Waals surface area (Å²) in [5.74, 6) is 0.887.